The highest BCUT2D eigenvalue weighted by molar-refractivity contribution is 8.00. The number of carbonyl (C=O) groups is 2. The number of carboxylic acid groups (broad SMARTS) is 1. The van der Waals surface area contributed by atoms with Crippen LogP contribution >= 0.6 is 35.1 Å². The lowest BCUT2D eigenvalue weighted by molar-refractivity contribution is -0.135. The van der Waals surface area contributed by atoms with E-state index in [1.807, 2.05) is 48.5 Å². The van der Waals surface area contributed by atoms with Crippen LogP contribution in [0.4, 0.5) is 21.9 Å². The summed E-state index contributed by atoms with van der Waals surface area (Å²) in [6, 6.07) is 19.8. The largest absolute Gasteiger partial charge is 0.480 e. The van der Waals surface area contributed by atoms with Crippen LogP contribution in [0.3, 0.4) is 0 Å². The van der Waals surface area contributed by atoms with Gasteiger partial charge in [0, 0.05) is 38.5 Å². The van der Waals surface area contributed by atoms with Crippen molar-refractivity contribution in [2.45, 2.75) is 11.3 Å². The van der Waals surface area contributed by atoms with Crippen LogP contribution in [-0.2, 0) is 11.2 Å². The van der Waals surface area contributed by atoms with Crippen molar-refractivity contribution < 1.29 is 14.7 Å². The molecule has 0 fully saturated rings. The Labute approximate surface area is 199 Å². The Morgan fingerprint density at radius 3 is 2.44 bits per heavy atom. The lowest BCUT2D eigenvalue weighted by Gasteiger charge is -2.23. The number of aliphatic carboxylic acids is 1. The number of anilines is 3. The number of fused-ring (bicyclic) bond motifs is 1. The molecule has 0 aliphatic carbocycles. The smallest absolute Gasteiger partial charge is 0.326 e. The van der Waals surface area contributed by atoms with E-state index in [0.29, 0.717) is 23.0 Å². The lowest BCUT2D eigenvalue weighted by atomic mass is 10.1. The van der Waals surface area contributed by atoms with Gasteiger partial charge in [-0.15, -0.1) is 0 Å². The molecule has 0 radical (unpaired) electrons. The number of amides is 2. The molecule has 32 heavy (non-hydrogen) atoms. The molecule has 3 aromatic carbocycles. The van der Waals surface area contributed by atoms with Crippen LogP contribution in [0.2, 0.25) is 10.0 Å². The van der Waals surface area contributed by atoms with Crippen LogP contribution in [0.5, 0.6) is 0 Å². The second kappa shape index (κ2) is 9.73. The molecule has 0 bridgehead atoms. The first-order valence-corrected chi connectivity index (χ1v) is 11.3. The molecule has 1 aliphatic heterocycles. The first-order chi connectivity index (χ1) is 15.4. The predicted molar refractivity (Wildman–Crippen MR) is 130 cm³/mol. The van der Waals surface area contributed by atoms with Gasteiger partial charge >= 0.3 is 12.0 Å². The van der Waals surface area contributed by atoms with Gasteiger partial charge in [0.15, 0.2) is 0 Å². The van der Waals surface area contributed by atoms with Gasteiger partial charge in [0.1, 0.15) is 6.54 Å². The molecule has 0 saturated carbocycles. The average molecular weight is 488 g/mol. The molecule has 2 amide bonds. The molecular formula is C23H19Cl2N3O3S. The van der Waals surface area contributed by atoms with Crippen molar-refractivity contribution >= 4 is 64.2 Å². The zero-order valence-electron chi connectivity index (χ0n) is 16.8. The highest BCUT2D eigenvalue weighted by atomic mass is 35.5. The number of benzene rings is 3. The van der Waals surface area contributed by atoms with Crippen molar-refractivity contribution in [1.82, 2.24) is 0 Å². The van der Waals surface area contributed by atoms with Gasteiger partial charge in [0.2, 0.25) is 0 Å². The third-order valence-corrected chi connectivity index (χ3v) is 6.29. The lowest BCUT2D eigenvalue weighted by Crippen LogP contribution is -2.33. The molecule has 0 saturated heterocycles. The van der Waals surface area contributed by atoms with E-state index in [1.54, 1.807) is 27.4 Å². The Hall–Kier alpha value is -2.87. The van der Waals surface area contributed by atoms with Crippen molar-refractivity contribution in [3.05, 3.63) is 82.3 Å². The maximum absolute atomic E-state index is 12.7. The maximum Gasteiger partial charge on any atom is 0.326 e. The van der Waals surface area contributed by atoms with E-state index in [2.05, 4.69) is 5.32 Å². The van der Waals surface area contributed by atoms with Gasteiger partial charge in [-0.05, 0) is 72.5 Å². The second-order valence-corrected chi connectivity index (χ2v) is 9.11. The van der Waals surface area contributed by atoms with E-state index in [9.17, 15) is 14.7 Å². The molecule has 164 valence electrons. The molecule has 2 N–H and O–H groups in total. The van der Waals surface area contributed by atoms with Gasteiger partial charge < -0.3 is 14.7 Å². The second-order valence-electron chi connectivity index (χ2n) is 7.14. The number of nitrogens with zero attached hydrogens (tertiary/aromatic N) is 2. The molecular weight excluding hydrogens is 469 g/mol. The van der Waals surface area contributed by atoms with Crippen molar-refractivity contribution in [2.75, 3.05) is 27.6 Å². The number of hydrogen-bond donors (Lipinski definition) is 2. The third-order valence-electron chi connectivity index (χ3n) is 4.85. The number of nitrogens with one attached hydrogen (secondary N) is 1. The molecule has 4 rings (SSSR count). The van der Waals surface area contributed by atoms with E-state index >= 15 is 0 Å². The molecule has 0 atom stereocenters. The Kier molecular flexibility index (Phi) is 6.79. The zero-order valence-corrected chi connectivity index (χ0v) is 19.1. The fourth-order valence-electron chi connectivity index (χ4n) is 3.47. The maximum atomic E-state index is 12.7. The number of carbonyl (C=O) groups excluding carboxylic acids is 1. The number of urea groups is 1. The van der Waals surface area contributed by atoms with E-state index in [-0.39, 0.29) is 12.6 Å². The number of halogens is 2. The molecule has 9 heteroatoms. The predicted octanol–water partition coefficient (Wildman–Crippen LogP) is 6.19. The number of rotatable bonds is 6. The Balaban J connectivity index is 1.55. The van der Waals surface area contributed by atoms with Gasteiger partial charge in [-0.1, -0.05) is 41.4 Å². The van der Waals surface area contributed by atoms with Gasteiger partial charge in [-0.3, -0.25) is 9.69 Å². The highest BCUT2D eigenvalue weighted by Crippen LogP contribution is 2.37. The molecule has 0 unspecified atom stereocenters. The molecule has 6 nitrogen and oxygen atoms in total. The quantitative estimate of drug-likeness (QED) is 0.405. The summed E-state index contributed by atoms with van der Waals surface area (Å²) in [5, 5.41) is 13.3. The fourth-order valence-corrected chi connectivity index (χ4v) is 5.14. The minimum atomic E-state index is -0.963. The number of carboxylic acids is 1. The minimum Gasteiger partial charge on any atom is -0.480 e. The number of para-hydroxylation sites is 1. The fraction of sp³-hybridized carbons (Fsp3) is 0.130. The first kappa shape index (κ1) is 22.3. The van der Waals surface area contributed by atoms with Crippen LogP contribution in [0, 0.1) is 0 Å². The van der Waals surface area contributed by atoms with Crippen LogP contribution in [-0.4, -0.2) is 30.2 Å². The zero-order chi connectivity index (χ0) is 22.7. The summed E-state index contributed by atoms with van der Waals surface area (Å²) in [5.41, 5.74) is 3.24. The van der Waals surface area contributed by atoms with Crippen LogP contribution in [0.15, 0.2) is 71.6 Å². The first-order valence-electron chi connectivity index (χ1n) is 9.79. The van der Waals surface area contributed by atoms with Gasteiger partial charge in [-0.25, -0.2) is 4.79 Å². The van der Waals surface area contributed by atoms with Gasteiger partial charge in [-0.2, -0.15) is 0 Å². The Bertz CT molecular complexity index is 1140. The highest BCUT2D eigenvalue weighted by Gasteiger charge is 2.26. The molecule has 0 spiro atoms. The van der Waals surface area contributed by atoms with Crippen LogP contribution < -0.4 is 14.5 Å². The monoisotopic (exact) mass is 487 g/mol. The summed E-state index contributed by atoms with van der Waals surface area (Å²) in [6.45, 7) is 0.333. The summed E-state index contributed by atoms with van der Waals surface area (Å²) >= 11 is 13.4. The van der Waals surface area contributed by atoms with Crippen molar-refractivity contribution in [3.8, 4) is 0 Å². The summed E-state index contributed by atoms with van der Waals surface area (Å²) in [5.74, 6) is -0.963. The minimum absolute atomic E-state index is 0.201. The molecule has 3 aromatic rings. The normalized spacial score (nSPS) is 12.4. The third kappa shape index (κ3) is 5.30. The van der Waals surface area contributed by atoms with Crippen molar-refractivity contribution in [1.29, 1.82) is 0 Å². The topological polar surface area (TPSA) is 72.9 Å². The number of hydrogen-bond acceptors (Lipinski definition) is 4. The SMILES string of the molecule is O=C(O)CN(Sc1cc(Cl)cc(Cl)c1)c1ccc2c(c1)CCN2C(=O)Nc1ccccc1. The van der Waals surface area contributed by atoms with E-state index in [4.69, 9.17) is 23.2 Å². The Morgan fingerprint density at radius 2 is 1.75 bits per heavy atom. The summed E-state index contributed by atoms with van der Waals surface area (Å²) in [6.07, 6.45) is 0.681. The van der Waals surface area contributed by atoms with Gasteiger partial charge in [0.05, 0.1) is 0 Å². The van der Waals surface area contributed by atoms with Crippen molar-refractivity contribution in [2.24, 2.45) is 0 Å². The van der Waals surface area contributed by atoms with Crippen LogP contribution in [0.25, 0.3) is 0 Å². The average Bonchev–Trinajstić information content (AvgIpc) is 3.16. The van der Waals surface area contributed by atoms with E-state index in [1.165, 1.54) is 11.9 Å². The molecule has 1 aliphatic rings. The summed E-state index contributed by atoms with van der Waals surface area (Å²) in [4.78, 5) is 26.7. The molecule has 1 heterocycles. The van der Waals surface area contributed by atoms with Crippen molar-refractivity contribution in [3.63, 3.8) is 0 Å². The van der Waals surface area contributed by atoms with E-state index < -0.39 is 5.97 Å². The summed E-state index contributed by atoms with van der Waals surface area (Å²) in [7, 11) is 0. The van der Waals surface area contributed by atoms with Crippen LogP contribution in [0.1, 0.15) is 5.56 Å². The Morgan fingerprint density at radius 1 is 1.03 bits per heavy atom. The standard InChI is InChI=1S/C23H19Cl2N3O3S/c24-16-11-17(25)13-20(12-16)32-28(14-22(29)30)19-6-7-21-15(10-19)8-9-27(21)23(31)26-18-4-2-1-3-5-18/h1-7,10-13H,8-9,14H2,(H,26,31)(H,29,30). The van der Waals surface area contributed by atoms with Gasteiger partial charge in [0.25, 0.3) is 0 Å². The summed E-state index contributed by atoms with van der Waals surface area (Å²) < 4.78 is 1.66. The molecule has 0 aromatic heterocycles. The van der Waals surface area contributed by atoms with E-state index in [0.717, 1.165) is 27.5 Å².